The quantitative estimate of drug-likeness (QED) is 0.741. The fraction of sp³-hybridized carbons (Fsp3) is 0.611. The minimum absolute atomic E-state index is 0.182. The molecule has 0 bridgehead atoms. The number of rotatable bonds is 8. The molecule has 1 rings (SSSR count). The van der Waals surface area contributed by atoms with Gasteiger partial charge < -0.3 is 14.6 Å². The lowest BCUT2D eigenvalue weighted by molar-refractivity contribution is -0.172. The summed E-state index contributed by atoms with van der Waals surface area (Å²) < 4.78 is 11.3. The Morgan fingerprint density at radius 3 is 2.55 bits per heavy atom. The third-order valence-corrected chi connectivity index (χ3v) is 3.26. The number of aromatic hydroxyl groups is 1. The van der Waals surface area contributed by atoms with Gasteiger partial charge in [-0.25, -0.2) is 4.79 Å². The zero-order chi connectivity index (χ0) is 16.8. The van der Waals surface area contributed by atoms with E-state index in [0.29, 0.717) is 6.42 Å². The van der Waals surface area contributed by atoms with Crippen LogP contribution in [-0.2, 0) is 20.7 Å². The van der Waals surface area contributed by atoms with Crippen molar-refractivity contribution in [2.45, 2.75) is 71.7 Å². The number of carbonyl (C=O) groups excluding carboxylic acids is 1. The van der Waals surface area contributed by atoms with Crippen LogP contribution in [0.5, 0.6) is 5.75 Å². The molecule has 0 aliphatic heterocycles. The molecule has 124 valence electrons. The first kappa shape index (κ1) is 18.5. The zero-order valence-electron chi connectivity index (χ0n) is 14.3. The number of esters is 1. The normalized spacial score (nSPS) is 13.2. The number of benzene rings is 1. The van der Waals surface area contributed by atoms with Crippen molar-refractivity contribution in [1.29, 1.82) is 0 Å². The van der Waals surface area contributed by atoms with Crippen molar-refractivity contribution in [3.05, 3.63) is 29.8 Å². The Hall–Kier alpha value is -1.55. The van der Waals surface area contributed by atoms with Crippen LogP contribution in [0.3, 0.4) is 0 Å². The monoisotopic (exact) mass is 308 g/mol. The Morgan fingerprint density at radius 2 is 2.00 bits per heavy atom. The van der Waals surface area contributed by atoms with Gasteiger partial charge in [0.15, 0.2) is 6.10 Å². The van der Waals surface area contributed by atoms with Crippen LogP contribution in [0, 0.1) is 0 Å². The second kappa shape index (κ2) is 8.18. The molecule has 1 atom stereocenters. The van der Waals surface area contributed by atoms with Gasteiger partial charge in [0.1, 0.15) is 5.75 Å². The predicted molar refractivity (Wildman–Crippen MR) is 86.9 cm³/mol. The van der Waals surface area contributed by atoms with Gasteiger partial charge in [-0.05, 0) is 51.8 Å². The van der Waals surface area contributed by atoms with Gasteiger partial charge in [-0.15, -0.1) is 0 Å². The van der Waals surface area contributed by atoms with E-state index in [9.17, 15) is 9.90 Å². The van der Waals surface area contributed by atoms with Crippen molar-refractivity contribution >= 4 is 5.97 Å². The van der Waals surface area contributed by atoms with Gasteiger partial charge >= 0.3 is 5.97 Å². The molecular weight excluding hydrogens is 280 g/mol. The van der Waals surface area contributed by atoms with Crippen molar-refractivity contribution in [3.63, 3.8) is 0 Å². The SMILES string of the molecule is CCCC(C)(C)OC(Cc1cccc(O)c1)C(=O)OC(C)C. The number of phenols is 1. The van der Waals surface area contributed by atoms with Gasteiger partial charge in [0.25, 0.3) is 0 Å². The second-order valence-electron chi connectivity index (χ2n) is 6.48. The van der Waals surface area contributed by atoms with E-state index in [0.717, 1.165) is 18.4 Å². The molecule has 0 radical (unpaired) electrons. The third kappa shape index (κ3) is 6.48. The van der Waals surface area contributed by atoms with Crippen molar-refractivity contribution in [2.75, 3.05) is 0 Å². The van der Waals surface area contributed by atoms with Gasteiger partial charge in [-0.1, -0.05) is 25.5 Å². The van der Waals surface area contributed by atoms with Gasteiger partial charge in [0.2, 0.25) is 0 Å². The molecule has 0 saturated carbocycles. The van der Waals surface area contributed by atoms with Gasteiger partial charge in [0.05, 0.1) is 11.7 Å². The molecule has 4 heteroatoms. The van der Waals surface area contributed by atoms with E-state index in [-0.39, 0.29) is 17.8 Å². The summed E-state index contributed by atoms with van der Waals surface area (Å²) >= 11 is 0. The molecule has 22 heavy (non-hydrogen) atoms. The lowest BCUT2D eigenvalue weighted by Crippen LogP contribution is -2.38. The molecule has 0 aromatic heterocycles. The summed E-state index contributed by atoms with van der Waals surface area (Å²) in [5.41, 5.74) is 0.449. The third-order valence-electron chi connectivity index (χ3n) is 3.26. The van der Waals surface area contributed by atoms with Gasteiger partial charge in [-0.3, -0.25) is 0 Å². The molecule has 0 saturated heterocycles. The summed E-state index contributed by atoms with van der Waals surface area (Å²) in [6.45, 7) is 9.69. The van der Waals surface area contributed by atoms with Gasteiger partial charge in [0, 0.05) is 6.42 Å². The Morgan fingerprint density at radius 1 is 1.32 bits per heavy atom. The lowest BCUT2D eigenvalue weighted by atomic mass is 10.0. The summed E-state index contributed by atoms with van der Waals surface area (Å²) in [6, 6.07) is 6.87. The molecule has 0 amide bonds. The van der Waals surface area contributed by atoms with Crippen LogP contribution >= 0.6 is 0 Å². The van der Waals surface area contributed by atoms with Gasteiger partial charge in [-0.2, -0.15) is 0 Å². The number of ether oxygens (including phenoxy) is 2. The molecule has 1 aromatic carbocycles. The highest BCUT2D eigenvalue weighted by Crippen LogP contribution is 2.22. The van der Waals surface area contributed by atoms with Crippen molar-refractivity contribution in [2.24, 2.45) is 0 Å². The maximum atomic E-state index is 12.3. The Kier molecular flexibility index (Phi) is 6.88. The van der Waals surface area contributed by atoms with Crippen LogP contribution in [0.2, 0.25) is 0 Å². The number of carbonyl (C=O) groups is 1. The number of hydrogen-bond acceptors (Lipinski definition) is 4. The highest BCUT2D eigenvalue weighted by molar-refractivity contribution is 5.75. The number of phenolic OH excluding ortho intramolecular Hbond substituents is 1. The Bertz CT molecular complexity index is 480. The molecule has 1 N–H and O–H groups in total. The molecule has 0 heterocycles. The highest BCUT2D eigenvalue weighted by atomic mass is 16.6. The predicted octanol–water partition coefficient (Wildman–Crippen LogP) is 3.85. The molecule has 1 aromatic rings. The first-order valence-electron chi connectivity index (χ1n) is 7.89. The smallest absolute Gasteiger partial charge is 0.335 e. The summed E-state index contributed by atoms with van der Waals surface area (Å²) in [4.78, 5) is 12.3. The second-order valence-corrected chi connectivity index (χ2v) is 6.48. The van der Waals surface area contributed by atoms with Crippen molar-refractivity contribution < 1.29 is 19.4 Å². The molecule has 0 spiro atoms. The minimum Gasteiger partial charge on any atom is -0.508 e. The summed E-state index contributed by atoms with van der Waals surface area (Å²) in [5.74, 6) is -0.177. The maximum absolute atomic E-state index is 12.3. The van der Waals surface area contributed by atoms with Crippen LogP contribution in [0.25, 0.3) is 0 Å². The summed E-state index contributed by atoms with van der Waals surface area (Å²) in [5, 5.41) is 9.57. The molecular formula is C18H28O4. The lowest BCUT2D eigenvalue weighted by Gasteiger charge is -2.30. The van der Waals surface area contributed by atoms with E-state index in [2.05, 4.69) is 6.92 Å². The summed E-state index contributed by atoms with van der Waals surface area (Å²) in [6.07, 6.45) is 1.36. The standard InChI is InChI=1S/C18H28O4/c1-6-10-18(4,5)22-16(17(20)21-13(2)3)12-14-8-7-9-15(19)11-14/h7-9,11,13,16,19H,6,10,12H2,1-5H3. The average molecular weight is 308 g/mol. The zero-order valence-corrected chi connectivity index (χ0v) is 14.3. The minimum atomic E-state index is -0.675. The largest absolute Gasteiger partial charge is 0.508 e. The first-order chi connectivity index (χ1) is 10.2. The van der Waals surface area contributed by atoms with E-state index < -0.39 is 11.7 Å². The van der Waals surface area contributed by atoms with Crippen LogP contribution in [-0.4, -0.2) is 28.9 Å². The maximum Gasteiger partial charge on any atom is 0.335 e. The molecule has 0 aliphatic rings. The Labute approximate surface area is 133 Å². The van der Waals surface area contributed by atoms with E-state index >= 15 is 0 Å². The highest BCUT2D eigenvalue weighted by Gasteiger charge is 2.29. The van der Waals surface area contributed by atoms with Crippen LogP contribution in [0.15, 0.2) is 24.3 Å². The Balaban J connectivity index is 2.88. The van der Waals surface area contributed by atoms with Crippen molar-refractivity contribution in [1.82, 2.24) is 0 Å². The topological polar surface area (TPSA) is 55.8 Å². The molecule has 0 fully saturated rings. The van der Waals surface area contributed by atoms with E-state index in [1.165, 1.54) is 0 Å². The average Bonchev–Trinajstić information content (AvgIpc) is 2.36. The number of hydrogen-bond donors (Lipinski definition) is 1. The molecule has 0 aliphatic carbocycles. The molecule has 1 unspecified atom stereocenters. The first-order valence-corrected chi connectivity index (χ1v) is 7.89. The van der Waals surface area contributed by atoms with E-state index in [4.69, 9.17) is 9.47 Å². The summed E-state index contributed by atoms with van der Waals surface area (Å²) in [7, 11) is 0. The van der Waals surface area contributed by atoms with Crippen molar-refractivity contribution in [3.8, 4) is 5.75 Å². The van der Waals surface area contributed by atoms with Crippen LogP contribution in [0.4, 0.5) is 0 Å². The fourth-order valence-electron chi connectivity index (χ4n) is 2.42. The van der Waals surface area contributed by atoms with E-state index in [1.54, 1.807) is 18.2 Å². The molecule has 4 nitrogen and oxygen atoms in total. The van der Waals surface area contributed by atoms with E-state index in [1.807, 2.05) is 33.8 Å². The van der Waals surface area contributed by atoms with Crippen LogP contribution < -0.4 is 0 Å². The fourth-order valence-corrected chi connectivity index (χ4v) is 2.42. The van der Waals surface area contributed by atoms with Crippen LogP contribution in [0.1, 0.15) is 53.0 Å².